The molecule has 1 heterocycles. The molecule has 94 valence electrons. The SMILES string of the molecule is Cc1nc(CNC2Cc3ccc(Cl)cc3C2)no1. The Kier molecular flexibility index (Phi) is 3.06. The van der Waals surface area contributed by atoms with Gasteiger partial charge in [0.25, 0.3) is 0 Å². The molecule has 0 saturated carbocycles. The van der Waals surface area contributed by atoms with Crippen molar-refractivity contribution < 1.29 is 4.52 Å². The summed E-state index contributed by atoms with van der Waals surface area (Å²) in [5.41, 5.74) is 2.71. The second kappa shape index (κ2) is 4.71. The molecule has 0 fully saturated rings. The molecule has 1 aromatic carbocycles. The van der Waals surface area contributed by atoms with Crippen LogP contribution in [0.5, 0.6) is 0 Å². The summed E-state index contributed by atoms with van der Waals surface area (Å²) in [5, 5.41) is 8.13. The lowest BCUT2D eigenvalue weighted by atomic mass is 10.1. The first-order valence-electron chi connectivity index (χ1n) is 6.00. The number of rotatable bonds is 3. The third-order valence-corrected chi connectivity index (χ3v) is 3.45. The van der Waals surface area contributed by atoms with E-state index in [2.05, 4.69) is 27.6 Å². The van der Waals surface area contributed by atoms with E-state index in [0.717, 1.165) is 17.9 Å². The molecule has 0 aliphatic heterocycles. The third kappa shape index (κ3) is 2.40. The fourth-order valence-electron chi connectivity index (χ4n) is 2.38. The minimum absolute atomic E-state index is 0.428. The fourth-order valence-corrected chi connectivity index (χ4v) is 2.57. The van der Waals surface area contributed by atoms with Crippen LogP contribution in [0.1, 0.15) is 22.8 Å². The maximum Gasteiger partial charge on any atom is 0.223 e. The van der Waals surface area contributed by atoms with Crippen LogP contribution in [0, 0.1) is 6.92 Å². The highest BCUT2D eigenvalue weighted by atomic mass is 35.5. The minimum atomic E-state index is 0.428. The molecule has 3 rings (SSSR count). The molecule has 4 nitrogen and oxygen atoms in total. The first-order chi connectivity index (χ1) is 8.70. The van der Waals surface area contributed by atoms with Gasteiger partial charge in [0.05, 0.1) is 6.54 Å². The number of halogens is 1. The predicted octanol–water partition coefficient (Wildman–Crippen LogP) is 2.29. The standard InChI is InChI=1S/C13H14ClN3O/c1-8-16-13(17-18-8)7-15-12-5-9-2-3-11(14)4-10(9)6-12/h2-4,12,15H,5-7H2,1H3. The molecule has 18 heavy (non-hydrogen) atoms. The number of aromatic nitrogens is 2. The maximum absolute atomic E-state index is 5.99. The highest BCUT2D eigenvalue weighted by Crippen LogP contribution is 2.25. The van der Waals surface area contributed by atoms with Crippen LogP contribution >= 0.6 is 11.6 Å². The van der Waals surface area contributed by atoms with E-state index in [1.54, 1.807) is 6.92 Å². The molecule has 0 saturated heterocycles. The second-order valence-electron chi connectivity index (χ2n) is 4.63. The number of hydrogen-bond donors (Lipinski definition) is 1. The first kappa shape index (κ1) is 11.7. The van der Waals surface area contributed by atoms with Gasteiger partial charge in [0.2, 0.25) is 5.89 Å². The van der Waals surface area contributed by atoms with Gasteiger partial charge >= 0.3 is 0 Å². The summed E-state index contributed by atoms with van der Waals surface area (Å²) >= 11 is 5.99. The Morgan fingerprint density at radius 2 is 2.22 bits per heavy atom. The van der Waals surface area contributed by atoms with Crippen molar-refractivity contribution in [2.45, 2.75) is 32.4 Å². The van der Waals surface area contributed by atoms with Crippen molar-refractivity contribution in [1.82, 2.24) is 15.5 Å². The lowest BCUT2D eigenvalue weighted by Crippen LogP contribution is -2.29. The highest BCUT2D eigenvalue weighted by Gasteiger charge is 2.21. The summed E-state index contributed by atoms with van der Waals surface area (Å²) in [7, 11) is 0. The van der Waals surface area contributed by atoms with Crippen molar-refractivity contribution in [2.75, 3.05) is 0 Å². The van der Waals surface area contributed by atoms with Crippen LogP contribution in [0.25, 0.3) is 0 Å². The van der Waals surface area contributed by atoms with Crippen molar-refractivity contribution in [2.24, 2.45) is 0 Å². The van der Waals surface area contributed by atoms with Crippen LogP contribution in [0.4, 0.5) is 0 Å². The van der Waals surface area contributed by atoms with E-state index in [1.165, 1.54) is 11.1 Å². The summed E-state index contributed by atoms with van der Waals surface area (Å²) in [5.74, 6) is 1.31. The molecule has 1 aromatic heterocycles. The van der Waals surface area contributed by atoms with Gasteiger partial charge in [-0.15, -0.1) is 0 Å². The molecule has 0 bridgehead atoms. The van der Waals surface area contributed by atoms with Crippen LogP contribution in [0.15, 0.2) is 22.7 Å². The largest absolute Gasteiger partial charge is 0.340 e. The van der Waals surface area contributed by atoms with Crippen molar-refractivity contribution in [3.63, 3.8) is 0 Å². The summed E-state index contributed by atoms with van der Waals surface area (Å²) in [6.45, 7) is 2.44. The molecule has 0 spiro atoms. The van der Waals surface area contributed by atoms with Gasteiger partial charge in [-0.25, -0.2) is 0 Å². The zero-order valence-electron chi connectivity index (χ0n) is 10.1. The molecular weight excluding hydrogens is 250 g/mol. The van der Waals surface area contributed by atoms with E-state index in [-0.39, 0.29) is 0 Å². The third-order valence-electron chi connectivity index (χ3n) is 3.22. The molecule has 1 aliphatic rings. The molecular formula is C13H14ClN3O. The average Bonchev–Trinajstić information content (AvgIpc) is 2.92. The van der Waals surface area contributed by atoms with E-state index in [9.17, 15) is 0 Å². The number of nitrogens with zero attached hydrogens (tertiary/aromatic N) is 2. The Morgan fingerprint density at radius 3 is 3.00 bits per heavy atom. The second-order valence-corrected chi connectivity index (χ2v) is 5.07. The van der Waals surface area contributed by atoms with Crippen molar-refractivity contribution >= 4 is 11.6 Å². The average molecular weight is 264 g/mol. The first-order valence-corrected chi connectivity index (χ1v) is 6.38. The number of benzene rings is 1. The van der Waals surface area contributed by atoms with Crippen LogP contribution in [-0.4, -0.2) is 16.2 Å². The van der Waals surface area contributed by atoms with Gasteiger partial charge in [-0.1, -0.05) is 22.8 Å². The van der Waals surface area contributed by atoms with Gasteiger partial charge in [0, 0.05) is 18.0 Å². The van der Waals surface area contributed by atoms with E-state index >= 15 is 0 Å². The number of nitrogens with one attached hydrogen (secondary N) is 1. The lowest BCUT2D eigenvalue weighted by molar-refractivity contribution is 0.383. The van der Waals surface area contributed by atoms with Crippen molar-refractivity contribution in [3.8, 4) is 0 Å². The highest BCUT2D eigenvalue weighted by molar-refractivity contribution is 6.30. The maximum atomic E-state index is 5.99. The topological polar surface area (TPSA) is 51.0 Å². The summed E-state index contributed by atoms with van der Waals surface area (Å²) in [6.07, 6.45) is 2.04. The molecule has 0 radical (unpaired) electrons. The molecule has 1 aliphatic carbocycles. The van der Waals surface area contributed by atoms with Gasteiger partial charge in [-0.2, -0.15) is 4.98 Å². The van der Waals surface area contributed by atoms with E-state index in [0.29, 0.717) is 24.3 Å². The van der Waals surface area contributed by atoms with Gasteiger partial charge in [0.1, 0.15) is 0 Å². The van der Waals surface area contributed by atoms with Gasteiger partial charge in [0.15, 0.2) is 5.82 Å². The normalized spacial score (nSPS) is 18.0. The van der Waals surface area contributed by atoms with Crippen LogP contribution in [-0.2, 0) is 19.4 Å². The Morgan fingerprint density at radius 1 is 1.39 bits per heavy atom. The van der Waals surface area contributed by atoms with Crippen LogP contribution in [0.2, 0.25) is 5.02 Å². The number of fused-ring (bicyclic) bond motifs is 1. The Balaban J connectivity index is 1.61. The van der Waals surface area contributed by atoms with E-state index in [1.807, 2.05) is 6.07 Å². The van der Waals surface area contributed by atoms with E-state index < -0.39 is 0 Å². The smallest absolute Gasteiger partial charge is 0.223 e. The van der Waals surface area contributed by atoms with Crippen LogP contribution < -0.4 is 5.32 Å². The zero-order chi connectivity index (χ0) is 12.5. The number of hydrogen-bond acceptors (Lipinski definition) is 4. The molecule has 1 unspecified atom stereocenters. The predicted molar refractivity (Wildman–Crippen MR) is 68.5 cm³/mol. The zero-order valence-corrected chi connectivity index (χ0v) is 10.9. The molecule has 0 amide bonds. The Labute approximate surface area is 110 Å². The van der Waals surface area contributed by atoms with Crippen molar-refractivity contribution in [3.05, 3.63) is 46.1 Å². The molecule has 1 atom stereocenters. The lowest BCUT2D eigenvalue weighted by Gasteiger charge is -2.09. The van der Waals surface area contributed by atoms with Gasteiger partial charge in [-0.3, -0.25) is 0 Å². The van der Waals surface area contributed by atoms with Gasteiger partial charge in [-0.05, 0) is 36.1 Å². The monoisotopic (exact) mass is 263 g/mol. The Hall–Kier alpha value is -1.39. The summed E-state index contributed by atoms with van der Waals surface area (Å²) < 4.78 is 4.94. The molecule has 1 N–H and O–H groups in total. The Bertz CT molecular complexity index is 567. The van der Waals surface area contributed by atoms with Crippen molar-refractivity contribution in [1.29, 1.82) is 0 Å². The molecule has 2 aromatic rings. The van der Waals surface area contributed by atoms with Crippen LogP contribution in [0.3, 0.4) is 0 Å². The van der Waals surface area contributed by atoms with E-state index in [4.69, 9.17) is 16.1 Å². The fraction of sp³-hybridized carbons (Fsp3) is 0.385. The molecule has 5 heteroatoms. The summed E-state index contributed by atoms with van der Waals surface area (Å²) in [6, 6.07) is 6.54. The summed E-state index contributed by atoms with van der Waals surface area (Å²) in [4.78, 5) is 4.17. The number of aryl methyl sites for hydroxylation is 1. The van der Waals surface area contributed by atoms with Gasteiger partial charge < -0.3 is 9.84 Å². The quantitative estimate of drug-likeness (QED) is 0.923. The minimum Gasteiger partial charge on any atom is -0.340 e.